The fourth-order valence-corrected chi connectivity index (χ4v) is 1.64. The molecule has 1 aliphatic rings. The van der Waals surface area contributed by atoms with Gasteiger partial charge in [0.15, 0.2) is 23.3 Å². The van der Waals surface area contributed by atoms with Crippen LogP contribution in [0.2, 0.25) is 0 Å². The first-order valence-electron chi connectivity index (χ1n) is 4.39. The first-order valence-corrected chi connectivity index (χ1v) is 4.39. The fourth-order valence-electron chi connectivity index (χ4n) is 1.64. The SMILES string of the molecule is O=C(O)C1(c2c(F)c(F)[c]c(F)c2F)CC1. The van der Waals surface area contributed by atoms with E-state index in [1.54, 1.807) is 0 Å². The zero-order valence-corrected chi connectivity index (χ0v) is 7.78. The third kappa shape index (κ3) is 1.29. The van der Waals surface area contributed by atoms with Crippen LogP contribution in [0.3, 0.4) is 0 Å². The fraction of sp³-hybridized carbons (Fsp3) is 0.300. The first kappa shape index (κ1) is 10.9. The highest BCUT2D eigenvalue weighted by Crippen LogP contribution is 2.50. The van der Waals surface area contributed by atoms with Gasteiger partial charge in [0.25, 0.3) is 0 Å². The molecule has 0 aromatic heterocycles. The van der Waals surface area contributed by atoms with Gasteiger partial charge in [-0.05, 0) is 12.8 Å². The van der Waals surface area contributed by atoms with E-state index < -0.39 is 40.2 Å². The Morgan fingerprint density at radius 3 is 1.88 bits per heavy atom. The predicted molar refractivity (Wildman–Crippen MR) is 43.7 cm³/mol. The van der Waals surface area contributed by atoms with Gasteiger partial charge in [-0.2, -0.15) is 0 Å². The molecule has 0 bridgehead atoms. The highest BCUT2D eigenvalue weighted by atomic mass is 19.2. The van der Waals surface area contributed by atoms with Gasteiger partial charge in [-0.3, -0.25) is 4.79 Å². The van der Waals surface area contributed by atoms with Gasteiger partial charge < -0.3 is 5.11 Å². The van der Waals surface area contributed by atoms with E-state index >= 15 is 0 Å². The van der Waals surface area contributed by atoms with Crippen molar-refractivity contribution in [1.29, 1.82) is 0 Å². The summed E-state index contributed by atoms with van der Waals surface area (Å²) in [5, 5.41) is 8.80. The van der Waals surface area contributed by atoms with Gasteiger partial charge in [0.2, 0.25) is 0 Å². The third-order valence-electron chi connectivity index (χ3n) is 2.68. The number of hydrogen-bond donors (Lipinski definition) is 1. The van der Waals surface area contributed by atoms with Crippen LogP contribution in [0.25, 0.3) is 0 Å². The Morgan fingerprint density at radius 1 is 1.12 bits per heavy atom. The lowest BCUT2D eigenvalue weighted by Crippen LogP contribution is -2.24. The molecule has 1 radical (unpaired) electrons. The summed E-state index contributed by atoms with van der Waals surface area (Å²) in [4.78, 5) is 10.8. The molecule has 1 aliphatic carbocycles. The van der Waals surface area contributed by atoms with Crippen molar-refractivity contribution in [2.45, 2.75) is 18.3 Å². The van der Waals surface area contributed by atoms with Crippen LogP contribution in [-0.4, -0.2) is 11.1 Å². The molecule has 0 amide bonds. The van der Waals surface area contributed by atoms with Gasteiger partial charge in [0.05, 0.1) is 11.5 Å². The summed E-state index contributed by atoms with van der Waals surface area (Å²) in [5.74, 6) is -8.27. The maximum Gasteiger partial charge on any atom is 0.314 e. The number of halogens is 4. The van der Waals surface area contributed by atoms with E-state index in [1.165, 1.54) is 6.07 Å². The molecule has 1 saturated carbocycles. The smallest absolute Gasteiger partial charge is 0.314 e. The molecule has 2 rings (SSSR count). The molecule has 1 aromatic carbocycles. The van der Waals surface area contributed by atoms with Crippen LogP contribution >= 0.6 is 0 Å². The van der Waals surface area contributed by atoms with E-state index in [0.717, 1.165) is 0 Å². The Kier molecular flexibility index (Phi) is 2.18. The summed E-state index contributed by atoms with van der Waals surface area (Å²) in [6, 6.07) is 1.21. The van der Waals surface area contributed by atoms with E-state index in [-0.39, 0.29) is 12.8 Å². The molecule has 1 fully saturated rings. The van der Waals surface area contributed by atoms with Crippen molar-refractivity contribution in [2.24, 2.45) is 0 Å². The highest BCUT2D eigenvalue weighted by molar-refractivity contribution is 5.85. The summed E-state index contributed by atoms with van der Waals surface area (Å²) in [7, 11) is 0. The average Bonchev–Trinajstić information content (AvgIpc) is 2.97. The molecule has 0 spiro atoms. The van der Waals surface area contributed by atoms with Crippen molar-refractivity contribution in [3.63, 3.8) is 0 Å². The van der Waals surface area contributed by atoms with Crippen molar-refractivity contribution in [3.8, 4) is 0 Å². The number of rotatable bonds is 2. The molecule has 0 heterocycles. The number of aliphatic carboxylic acids is 1. The predicted octanol–water partition coefficient (Wildman–Crippen LogP) is 2.16. The van der Waals surface area contributed by atoms with Gasteiger partial charge in [-0.15, -0.1) is 0 Å². The number of benzene rings is 1. The maximum absolute atomic E-state index is 13.3. The van der Waals surface area contributed by atoms with E-state index in [4.69, 9.17) is 5.11 Å². The summed E-state index contributed by atoms with van der Waals surface area (Å²) in [6.45, 7) is 0. The standard InChI is InChI=1S/C10H5F4O2/c11-4-3-5(12)8(14)6(7(4)13)10(1-2-10)9(15)16/h1-2H2,(H,15,16). The van der Waals surface area contributed by atoms with Gasteiger partial charge in [0.1, 0.15) is 0 Å². The first-order chi connectivity index (χ1) is 7.40. The molecule has 0 unspecified atom stereocenters. The lowest BCUT2D eigenvalue weighted by molar-refractivity contribution is -0.140. The van der Waals surface area contributed by atoms with Crippen LogP contribution in [0, 0.1) is 29.3 Å². The molecule has 6 heteroatoms. The molecular formula is C10H5F4O2. The largest absolute Gasteiger partial charge is 0.481 e. The van der Waals surface area contributed by atoms with E-state index in [0.29, 0.717) is 0 Å². The number of carboxylic acids is 1. The monoisotopic (exact) mass is 233 g/mol. The second-order valence-corrected chi connectivity index (χ2v) is 3.64. The second-order valence-electron chi connectivity index (χ2n) is 3.64. The number of carbonyl (C=O) groups is 1. The highest BCUT2D eigenvalue weighted by Gasteiger charge is 2.56. The molecule has 16 heavy (non-hydrogen) atoms. The lowest BCUT2D eigenvalue weighted by Gasteiger charge is -2.12. The second kappa shape index (κ2) is 3.20. The third-order valence-corrected chi connectivity index (χ3v) is 2.68. The minimum Gasteiger partial charge on any atom is -0.481 e. The Hall–Kier alpha value is -1.59. The summed E-state index contributed by atoms with van der Waals surface area (Å²) < 4.78 is 52.1. The Morgan fingerprint density at radius 2 is 1.56 bits per heavy atom. The zero-order valence-electron chi connectivity index (χ0n) is 7.78. The zero-order chi connectivity index (χ0) is 12.1. The van der Waals surface area contributed by atoms with Crippen LogP contribution in [0.15, 0.2) is 0 Å². The summed E-state index contributed by atoms with van der Waals surface area (Å²) >= 11 is 0. The molecule has 1 N–H and O–H groups in total. The summed E-state index contributed by atoms with van der Waals surface area (Å²) in [6.07, 6.45) is -0.0852. The topological polar surface area (TPSA) is 37.3 Å². The minimum absolute atomic E-state index is 0.0426. The van der Waals surface area contributed by atoms with E-state index in [9.17, 15) is 22.4 Å². The molecule has 2 nitrogen and oxygen atoms in total. The Balaban J connectivity index is 2.70. The average molecular weight is 233 g/mol. The minimum atomic E-state index is -1.83. The van der Waals surface area contributed by atoms with E-state index in [2.05, 4.69) is 0 Å². The maximum atomic E-state index is 13.3. The van der Waals surface area contributed by atoms with Crippen molar-refractivity contribution >= 4 is 5.97 Å². The van der Waals surface area contributed by atoms with Gasteiger partial charge >= 0.3 is 5.97 Å². The van der Waals surface area contributed by atoms with Crippen molar-refractivity contribution in [2.75, 3.05) is 0 Å². The number of carboxylic acid groups (broad SMARTS) is 1. The van der Waals surface area contributed by atoms with Crippen molar-refractivity contribution < 1.29 is 27.5 Å². The van der Waals surface area contributed by atoms with Crippen molar-refractivity contribution in [1.82, 2.24) is 0 Å². The van der Waals surface area contributed by atoms with Gasteiger partial charge in [-0.25, -0.2) is 17.6 Å². The molecule has 0 saturated heterocycles. The van der Waals surface area contributed by atoms with Crippen LogP contribution in [0.1, 0.15) is 18.4 Å². The van der Waals surface area contributed by atoms with Crippen LogP contribution < -0.4 is 0 Å². The Labute approximate surface area is 87.5 Å². The van der Waals surface area contributed by atoms with Crippen LogP contribution in [0.4, 0.5) is 17.6 Å². The molecule has 1 aromatic rings. The normalized spacial score (nSPS) is 17.2. The Bertz CT molecular complexity index is 454. The van der Waals surface area contributed by atoms with Crippen LogP contribution in [0.5, 0.6) is 0 Å². The van der Waals surface area contributed by atoms with Crippen molar-refractivity contribution in [3.05, 3.63) is 34.9 Å². The van der Waals surface area contributed by atoms with Crippen LogP contribution in [-0.2, 0) is 10.2 Å². The quantitative estimate of drug-likeness (QED) is 0.627. The molecule has 0 atom stereocenters. The lowest BCUT2D eigenvalue weighted by atomic mass is 9.94. The van der Waals surface area contributed by atoms with Gasteiger partial charge in [0, 0.05) is 5.56 Å². The summed E-state index contributed by atoms with van der Waals surface area (Å²) in [5.41, 5.74) is -2.88. The number of hydrogen-bond acceptors (Lipinski definition) is 1. The molecule has 85 valence electrons. The molecular weight excluding hydrogens is 228 g/mol. The molecule has 0 aliphatic heterocycles. The van der Waals surface area contributed by atoms with E-state index in [1.807, 2.05) is 0 Å². The van der Waals surface area contributed by atoms with Gasteiger partial charge in [-0.1, -0.05) is 0 Å².